The molecule has 2 aromatic rings. The summed E-state index contributed by atoms with van der Waals surface area (Å²) in [6.45, 7) is 3.54. The lowest BCUT2D eigenvalue weighted by Crippen LogP contribution is -2.41. The summed E-state index contributed by atoms with van der Waals surface area (Å²) in [4.78, 5) is 24.3. The van der Waals surface area contributed by atoms with Crippen LogP contribution in [0, 0.1) is 0 Å². The molecule has 0 saturated heterocycles. The standard InChI is InChI=1S/C22H27NO4/c1-16(9-10-18-7-5-4-6-8-18)23-22(25)17(2)27-21(24)15-19-11-13-20(26-3)14-12-19/h4-8,11-14,16-17H,9-10,15H2,1-3H3,(H,23,25)/t16-,17+/m0/s1. The van der Waals surface area contributed by atoms with E-state index in [4.69, 9.17) is 9.47 Å². The lowest BCUT2D eigenvalue weighted by atomic mass is 10.1. The van der Waals surface area contributed by atoms with E-state index < -0.39 is 12.1 Å². The van der Waals surface area contributed by atoms with Crippen LogP contribution in [0.15, 0.2) is 54.6 Å². The number of hydrogen-bond acceptors (Lipinski definition) is 4. The van der Waals surface area contributed by atoms with Gasteiger partial charge in [0.05, 0.1) is 13.5 Å². The molecule has 5 heteroatoms. The maximum atomic E-state index is 12.2. The van der Waals surface area contributed by atoms with E-state index in [2.05, 4.69) is 17.4 Å². The molecule has 1 N–H and O–H groups in total. The van der Waals surface area contributed by atoms with E-state index in [0.29, 0.717) is 0 Å². The minimum absolute atomic E-state index is 0.000413. The summed E-state index contributed by atoms with van der Waals surface area (Å²) in [7, 11) is 1.59. The van der Waals surface area contributed by atoms with E-state index in [-0.39, 0.29) is 18.4 Å². The number of rotatable bonds is 9. The number of aryl methyl sites for hydroxylation is 1. The lowest BCUT2D eigenvalue weighted by molar-refractivity contribution is -0.154. The molecule has 0 aromatic heterocycles. The molecule has 0 bridgehead atoms. The molecule has 1 amide bonds. The molecule has 0 fully saturated rings. The minimum Gasteiger partial charge on any atom is -0.497 e. The van der Waals surface area contributed by atoms with Crippen LogP contribution >= 0.6 is 0 Å². The maximum absolute atomic E-state index is 12.2. The van der Waals surface area contributed by atoms with Crippen molar-refractivity contribution in [3.8, 4) is 5.75 Å². The van der Waals surface area contributed by atoms with Crippen LogP contribution in [0.1, 0.15) is 31.4 Å². The third kappa shape index (κ3) is 7.13. The molecule has 0 radical (unpaired) electrons. The van der Waals surface area contributed by atoms with Gasteiger partial charge in [-0.2, -0.15) is 0 Å². The molecular weight excluding hydrogens is 342 g/mol. The van der Waals surface area contributed by atoms with Crippen LogP contribution in [0.25, 0.3) is 0 Å². The smallest absolute Gasteiger partial charge is 0.311 e. The number of amides is 1. The van der Waals surface area contributed by atoms with Crippen LogP contribution < -0.4 is 10.1 Å². The normalized spacial score (nSPS) is 12.7. The first kappa shape index (κ1) is 20.5. The summed E-state index contributed by atoms with van der Waals surface area (Å²) >= 11 is 0. The molecule has 2 atom stereocenters. The zero-order valence-electron chi connectivity index (χ0n) is 16.1. The monoisotopic (exact) mass is 369 g/mol. The molecule has 0 aliphatic rings. The average Bonchev–Trinajstić information content (AvgIpc) is 2.67. The van der Waals surface area contributed by atoms with Crippen molar-refractivity contribution in [3.63, 3.8) is 0 Å². The van der Waals surface area contributed by atoms with E-state index in [1.165, 1.54) is 5.56 Å². The number of esters is 1. The quantitative estimate of drug-likeness (QED) is 0.689. The van der Waals surface area contributed by atoms with Crippen molar-refractivity contribution in [2.45, 2.75) is 45.3 Å². The average molecular weight is 369 g/mol. The molecule has 0 aliphatic heterocycles. The second-order valence-corrected chi connectivity index (χ2v) is 6.59. The van der Waals surface area contributed by atoms with Crippen LogP contribution in [0.4, 0.5) is 0 Å². The van der Waals surface area contributed by atoms with Gasteiger partial charge in [0.15, 0.2) is 6.10 Å². The largest absolute Gasteiger partial charge is 0.497 e. The van der Waals surface area contributed by atoms with Gasteiger partial charge in [0, 0.05) is 6.04 Å². The second kappa shape index (κ2) is 10.4. The molecule has 0 unspecified atom stereocenters. The minimum atomic E-state index is -0.824. The second-order valence-electron chi connectivity index (χ2n) is 6.59. The first-order chi connectivity index (χ1) is 13.0. The van der Waals surface area contributed by atoms with Gasteiger partial charge in [0.2, 0.25) is 0 Å². The van der Waals surface area contributed by atoms with E-state index >= 15 is 0 Å². The third-order valence-electron chi connectivity index (χ3n) is 4.28. The molecule has 5 nitrogen and oxygen atoms in total. The first-order valence-corrected chi connectivity index (χ1v) is 9.14. The highest BCUT2D eigenvalue weighted by Gasteiger charge is 2.19. The molecule has 0 aliphatic carbocycles. The van der Waals surface area contributed by atoms with Gasteiger partial charge in [0.25, 0.3) is 5.91 Å². The van der Waals surface area contributed by atoms with E-state index in [0.717, 1.165) is 24.2 Å². The summed E-state index contributed by atoms with van der Waals surface area (Å²) in [5.74, 6) is 0.0164. The Bertz CT molecular complexity index is 728. The highest BCUT2D eigenvalue weighted by Crippen LogP contribution is 2.12. The Morgan fingerprint density at radius 2 is 1.63 bits per heavy atom. The van der Waals surface area contributed by atoms with E-state index in [1.54, 1.807) is 38.3 Å². The molecule has 2 rings (SSSR count). The van der Waals surface area contributed by atoms with Gasteiger partial charge >= 0.3 is 5.97 Å². The van der Waals surface area contributed by atoms with Crippen molar-refractivity contribution in [1.29, 1.82) is 0 Å². The summed E-state index contributed by atoms with van der Waals surface area (Å²) in [5.41, 5.74) is 2.04. The van der Waals surface area contributed by atoms with Crippen molar-refractivity contribution in [2.75, 3.05) is 7.11 Å². The number of ether oxygens (including phenoxy) is 2. The van der Waals surface area contributed by atoms with Crippen LogP contribution in [0.3, 0.4) is 0 Å². The van der Waals surface area contributed by atoms with Crippen LogP contribution in [-0.4, -0.2) is 31.1 Å². The van der Waals surface area contributed by atoms with Crippen molar-refractivity contribution in [2.24, 2.45) is 0 Å². The van der Waals surface area contributed by atoms with Crippen molar-refractivity contribution in [1.82, 2.24) is 5.32 Å². The van der Waals surface area contributed by atoms with Gasteiger partial charge in [-0.05, 0) is 49.9 Å². The zero-order valence-corrected chi connectivity index (χ0v) is 16.1. The number of nitrogens with one attached hydrogen (secondary N) is 1. The zero-order chi connectivity index (χ0) is 19.6. The maximum Gasteiger partial charge on any atom is 0.311 e. The first-order valence-electron chi connectivity index (χ1n) is 9.14. The SMILES string of the molecule is COc1ccc(CC(=O)O[C@H](C)C(=O)N[C@@H](C)CCc2ccccc2)cc1. The molecular formula is C22H27NO4. The van der Waals surface area contributed by atoms with Gasteiger partial charge < -0.3 is 14.8 Å². The lowest BCUT2D eigenvalue weighted by Gasteiger charge is -2.18. The predicted molar refractivity (Wildman–Crippen MR) is 105 cm³/mol. The topological polar surface area (TPSA) is 64.6 Å². The number of carbonyl (C=O) groups is 2. The predicted octanol–water partition coefficient (Wildman–Crippen LogP) is 3.31. The van der Waals surface area contributed by atoms with Gasteiger partial charge in [0.1, 0.15) is 5.75 Å². The summed E-state index contributed by atoms with van der Waals surface area (Å²) in [5, 5.41) is 2.90. The molecule has 0 saturated carbocycles. The fourth-order valence-corrected chi connectivity index (χ4v) is 2.66. The van der Waals surface area contributed by atoms with Gasteiger partial charge in [-0.1, -0.05) is 42.5 Å². The van der Waals surface area contributed by atoms with Crippen molar-refractivity contribution < 1.29 is 19.1 Å². The third-order valence-corrected chi connectivity index (χ3v) is 4.28. The van der Waals surface area contributed by atoms with Crippen molar-refractivity contribution in [3.05, 3.63) is 65.7 Å². The Kier molecular flexibility index (Phi) is 7.86. The fraction of sp³-hybridized carbons (Fsp3) is 0.364. The van der Waals surface area contributed by atoms with Gasteiger partial charge in [-0.15, -0.1) is 0 Å². The van der Waals surface area contributed by atoms with Gasteiger partial charge in [-0.25, -0.2) is 0 Å². The number of methoxy groups -OCH3 is 1. The summed E-state index contributed by atoms with van der Waals surface area (Å²) < 4.78 is 10.3. The molecule has 0 heterocycles. The van der Waals surface area contributed by atoms with Crippen LogP contribution in [0.5, 0.6) is 5.75 Å². The Labute approximate surface area is 160 Å². The fourth-order valence-electron chi connectivity index (χ4n) is 2.66. The number of hydrogen-bond donors (Lipinski definition) is 1. The highest BCUT2D eigenvalue weighted by molar-refractivity contribution is 5.84. The Morgan fingerprint density at radius 1 is 0.963 bits per heavy atom. The Balaban J connectivity index is 1.74. The van der Waals surface area contributed by atoms with Crippen molar-refractivity contribution >= 4 is 11.9 Å². The highest BCUT2D eigenvalue weighted by atomic mass is 16.5. The summed E-state index contributed by atoms with van der Waals surface area (Å²) in [6.07, 6.45) is 0.997. The number of benzene rings is 2. The van der Waals surface area contributed by atoms with E-state index in [1.807, 2.05) is 25.1 Å². The van der Waals surface area contributed by atoms with E-state index in [9.17, 15) is 9.59 Å². The summed E-state index contributed by atoms with van der Waals surface area (Å²) in [6, 6.07) is 17.3. The Morgan fingerprint density at radius 3 is 2.26 bits per heavy atom. The van der Waals surface area contributed by atoms with Crippen LogP contribution in [0.2, 0.25) is 0 Å². The molecule has 0 spiro atoms. The number of carbonyl (C=O) groups excluding carboxylic acids is 2. The Hall–Kier alpha value is -2.82. The molecule has 2 aromatic carbocycles. The van der Waals surface area contributed by atoms with Crippen LogP contribution in [-0.2, 0) is 27.2 Å². The molecule has 27 heavy (non-hydrogen) atoms. The molecule has 144 valence electrons. The van der Waals surface area contributed by atoms with Gasteiger partial charge in [-0.3, -0.25) is 9.59 Å².